The van der Waals surface area contributed by atoms with Crippen LogP contribution in [0.4, 0.5) is 4.79 Å². The lowest BCUT2D eigenvalue weighted by atomic mass is 9.99. The molecular weight excluding hydrogens is 282 g/mol. The van der Waals surface area contributed by atoms with E-state index < -0.39 is 5.60 Å². The van der Waals surface area contributed by atoms with E-state index in [9.17, 15) is 4.79 Å². The number of ether oxygens (including phenoxy) is 1. The van der Waals surface area contributed by atoms with Crippen LogP contribution in [-0.4, -0.2) is 35.4 Å². The second-order valence-electron chi connectivity index (χ2n) is 6.53. The molecule has 1 aromatic carbocycles. The lowest BCUT2D eigenvalue weighted by Crippen LogP contribution is -2.42. The normalized spacial score (nSPS) is 16.8. The van der Waals surface area contributed by atoms with Crippen LogP contribution in [0.2, 0.25) is 0 Å². The van der Waals surface area contributed by atoms with Gasteiger partial charge >= 0.3 is 6.09 Å². The molecule has 1 saturated heterocycles. The van der Waals surface area contributed by atoms with E-state index in [0.717, 1.165) is 31.7 Å². The topological polar surface area (TPSA) is 29.5 Å². The number of carbonyl (C=O) groups excluding carboxylic acids is 1. The third-order valence-electron chi connectivity index (χ3n) is 3.50. The molecule has 0 saturated carbocycles. The number of rotatable bonds is 3. The molecule has 0 spiro atoms. The number of hydrogen-bond acceptors (Lipinski definition) is 3. The van der Waals surface area contributed by atoms with Crippen LogP contribution in [0.15, 0.2) is 35.2 Å². The summed E-state index contributed by atoms with van der Waals surface area (Å²) in [6.07, 6.45) is 1.97. The molecule has 21 heavy (non-hydrogen) atoms. The van der Waals surface area contributed by atoms with E-state index in [1.807, 2.05) is 43.5 Å². The summed E-state index contributed by atoms with van der Waals surface area (Å²) in [5.41, 5.74) is -0.406. The second kappa shape index (κ2) is 7.21. The zero-order valence-electron chi connectivity index (χ0n) is 13.2. The lowest BCUT2D eigenvalue weighted by Gasteiger charge is -2.33. The highest BCUT2D eigenvalue weighted by Gasteiger charge is 2.26. The van der Waals surface area contributed by atoms with Gasteiger partial charge in [-0.25, -0.2) is 4.79 Å². The Bertz CT molecular complexity index is 448. The zero-order valence-corrected chi connectivity index (χ0v) is 14.0. The van der Waals surface area contributed by atoms with Crippen molar-refractivity contribution in [3.05, 3.63) is 30.3 Å². The summed E-state index contributed by atoms with van der Waals surface area (Å²) in [7, 11) is 0. The van der Waals surface area contributed by atoms with Gasteiger partial charge in [0.25, 0.3) is 0 Å². The second-order valence-corrected chi connectivity index (χ2v) is 7.63. The van der Waals surface area contributed by atoms with Gasteiger partial charge in [0.1, 0.15) is 5.60 Å². The maximum absolute atomic E-state index is 12.0. The Balaban J connectivity index is 1.72. The van der Waals surface area contributed by atoms with Crippen LogP contribution in [-0.2, 0) is 4.74 Å². The van der Waals surface area contributed by atoms with Gasteiger partial charge in [0.05, 0.1) is 0 Å². The fourth-order valence-electron chi connectivity index (χ4n) is 2.34. The number of thioether (sulfide) groups is 1. The van der Waals surface area contributed by atoms with Gasteiger partial charge in [-0.05, 0) is 51.7 Å². The Hall–Kier alpha value is -1.16. The van der Waals surface area contributed by atoms with Crippen molar-refractivity contribution in [2.24, 2.45) is 5.92 Å². The fourth-order valence-corrected chi connectivity index (χ4v) is 3.45. The average molecular weight is 307 g/mol. The summed E-state index contributed by atoms with van der Waals surface area (Å²) >= 11 is 1.91. The molecule has 1 aromatic rings. The largest absolute Gasteiger partial charge is 0.444 e. The minimum absolute atomic E-state index is 0.170. The van der Waals surface area contributed by atoms with Gasteiger partial charge in [-0.2, -0.15) is 0 Å². The van der Waals surface area contributed by atoms with Crippen LogP contribution in [0.5, 0.6) is 0 Å². The van der Waals surface area contributed by atoms with E-state index in [-0.39, 0.29) is 6.09 Å². The summed E-state index contributed by atoms with van der Waals surface area (Å²) in [5.74, 6) is 1.82. The Morgan fingerprint density at radius 2 is 1.86 bits per heavy atom. The van der Waals surface area contributed by atoms with Crippen molar-refractivity contribution in [1.82, 2.24) is 4.90 Å². The average Bonchev–Trinajstić information content (AvgIpc) is 2.45. The number of likely N-dealkylation sites (tertiary alicyclic amines) is 1. The first-order valence-electron chi connectivity index (χ1n) is 7.60. The highest BCUT2D eigenvalue weighted by atomic mass is 32.2. The van der Waals surface area contributed by atoms with Crippen molar-refractivity contribution < 1.29 is 9.53 Å². The van der Waals surface area contributed by atoms with Crippen molar-refractivity contribution >= 4 is 17.9 Å². The highest BCUT2D eigenvalue weighted by Crippen LogP contribution is 2.26. The standard InChI is InChI=1S/C17H25NO2S/c1-17(2,3)20-16(19)18-11-9-14(10-12-18)13-21-15-7-5-4-6-8-15/h4-8,14H,9-13H2,1-3H3. The van der Waals surface area contributed by atoms with E-state index in [1.165, 1.54) is 4.90 Å². The molecular formula is C17H25NO2S. The Morgan fingerprint density at radius 3 is 2.43 bits per heavy atom. The predicted octanol–water partition coefficient (Wildman–Crippen LogP) is 4.43. The minimum atomic E-state index is -0.406. The van der Waals surface area contributed by atoms with Gasteiger partial charge in [-0.3, -0.25) is 0 Å². The molecule has 0 bridgehead atoms. The van der Waals surface area contributed by atoms with Crippen LogP contribution in [0, 0.1) is 5.92 Å². The number of amides is 1. The van der Waals surface area contributed by atoms with Gasteiger partial charge < -0.3 is 9.64 Å². The molecule has 1 heterocycles. The van der Waals surface area contributed by atoms with E-state index in [1.54, 1.807) is 0 Å². The fraction of sp³-hybridized carbons (Fsp3) is 0.588. The van der Waals surface area contributed by atoms with Gasteiger partial charge in [-0.1, -0.05) is 18.2 Å². The van der Waals surface area contributed by atoms with Crippen LogP contribution in [0.25, 0.3) is 0 Å². The molecule has 1 aliphatic heterocycles. The number of hydrogen-bond donors (Lipinski definition) is 0. The van der Waals surface area contributed by atoms with Crippen LogP contribution < -0.4 is 0 Å². The van der Waals surface area contributed by atoms with Crippen molar-refractivity contribution in [2.45, 2.75) is 44.1 Å². The first-order chi connectivity index (χ1) is 9.94. The van der Waals surface area contributed by atoms with Gasteiger partial charge in [0.2, 0.25) is 0 Å². The summed E-state index contributed by atoms with van der Waals surface area (Å²) in [4.78, 5) is 15.2. The minimum Gasteiger partial charge on any atom is -0.444 e. The zero-order chi connectivity index (χ0) is 15.3. The third kappa shape index (κ3) is 5.62. The van der Waals surface area contributed by atoms with E-state index in [4.69, 9.17) is 4.74 Å². The van der Waals surface area contributed by atoms with Crippen molar-refractivity contribution in [3.8, 4) is 0 Å². The quantitative estimate of drug-likeness (QED) is 0.774. The Kier molecular flexibility index (Phi) is 5.57. The Labute approximate surface area is 132 Å². The molecule has 0 radical (unpaired) electrons. The molecule has 0 N–H and O–H groups in total. The summed E-state index contributed by atoms with van der Waals surface area (Å²) in [6.45, 7) is 7.36. The lowest BCUT2D eigenvalue weighted by molar-refractivity contribution is 0.0191. The molecule has 1 aliphatic rings. The molecule has 4 heteroatoms. The van der Waals surface area contributed by atoms with E-state index >= 15 is 0 Å². The predicted molar refractivity (Wildman–Crippen MR) is 87.7 cm³/mol. The first-order valence-corrected chi connectivity index (χ1v) is 8.58. The third-order valence-corrected chi connectivity index (χ3v) is 4.74. The monoisotopic (exact) mass is 307 g/mol. The number of benzene rings is 1. The number of carbonyl (C=O) groups is 1. The molecule has 1 fully saturated rings. The molecule has 116 valence electrons. The maximum Gasteiger partial charge on any atom is 0.410 e. The molecule has 0 unspecified atom stereocenters. The van der Waals surface area contributed by atoms with Crippen LogP contribution in [0.1, 0.15) is 33.6 Å². The molecule has 2 rings (SSSR count). The summed E-state index contributed by atoms with van der Waals surface area (Å²) in [6, 6.07) is 10.5. The Morgan fingerprint density at radius 1 is 1.24 bits per heavy atom. The summed E-state index contributed by atoms with van der Waals surface area (Å²) in [5, 5.41) is 0. The van der Waals surface area contributed by atoms with Gasteiger partial charge in [0, 0.05) is 23.7 Å². The first kappa shape index (κ1) is 16.2. The molecule has 1 amide bonds. The van der Waals surface area contributed by atoms with Crippen LogP contribution in [0.3, 0.4) is 0 Å². The molecule has 3 nitrogen and oxygen atoms in total. The van der Waals surface area contributed by atoms with E-state index in [0.29, 0.717) is 5.92 Å². The molecule has 0 atom stereocenters. The summed E-state index contributed by atoms with van der Waals surface area (Å²) < 4.78 is 5.42. The molecule has 0 aliphatic carbocycles. The van der Waals surface area contributed by atoms with Crippen LogP contribution >= 0.6 is 11.8 Å². The molecule has 0 aromatic heterocycles. The number of piperidine rings is 1. The van der Waals surface area contributed by atoms with Gasteiger partial charge in [0.15, 0.2) is 0 Å². The smallest absolute Gasteiger partial charge is 0.410 e. The van der Waals surface area contributed by atoms with Crippen molar-refractivity contribution in [1.29, 1.82) is 0 Å². The maximum atomic E-state index is 12.0. The van der Waals surface area contributed by atoms with Gasteiger partial charge in [-0.15, -0.1) is 11.8 Å². The van der Waals surface area contributed by atoms with Crippen molar-refractivity contribution in [2.75, 3.05) is 18.8 Å². The van der Waals surface area contributed by atoms with Crippen molar-refractivity contribution in [3.63, 3.8) is 0 Å². The highest BCUT2D eigenvalue weighted by molar-refractivity contribution is 7.99. The van der Waals surface area contributed by atoms with E-state index in [2.05, 4.69) is 24.3 Å². The number of nitrogens with zero attached hydrogens (tertiary/aromatic N) is 1. The SMILES string of the molecule is CC(C)(C)OC(=O)N1CCC(CSc2ccccc2)CC1.